The van der Waals surface area contributed by atoms with E-state index >= 15 is 0 Å². The molecule has 1 aromatic carbocycles. The number of rotatable bonds is 1. The fourth-order valence-corrected chi connectivity index (χ4v) is 4.13. The highest BCUT2D eigenvalue weighted by atomic mass is 19.1. The normalized spacial score (nSPS) is 30.7. The molecule has 1 fully saturated rings. The number of nitrogens with zero attached hydrogens (tertiary/aromatic N) is 1. The van der Waals surface area contributed by atoms with Gasteiger partial charge in [0.15, 0.2) is 0 Å². The summed E-state index contributed by atoms with van der Waals surface area (Å²) in [5.41, 5.74) is 2.86. The minimum Gasteiger partial charge on any atom is -0.453 e. The van der Waals surface area contributed by atoms with Crippen molar-refractivity contribution in [3.05, 3.63) is 53.4 Å². The Morgan fingerprint density at radius 1 is 1.26 bits per heavy atom. The lowest BCUT2D eigenvalue weighted by Crippen LogP contribution is -2.50. The lowest BCUT2D eigenvalue weighted by molar-refractivity contribution is -0.142. The number of halogens is 1. The van der Waals surface area contributed by atoms with Crippen LogP contribution in [0.15, 0.2) is 42.0 Å². The molecule has 0 radical (unpaired) electrons. The summed E-state index contributed by atoms with van der Waals surface area (Å²) >= 11 is 0. The van der Waals surface area contributed by atoms with E-state index in [9.17, 15) is 9.18 Å². The minimum absolute atomic E-state index is 0.173. The van der Waals surface area contributed by atoms with Crippen molar-refractivity contribution < 1.29 is 13.9 Å². The minimum atomic E-state index is -0.264. The topological polar surface area (TPSA) is 29.5 Å². The molecule has 3 aliphatic heterocycles. The van der Waals surface area contributed by atoms with Gasteiger partial charge in [0.1, 0.15) is 11.9 Å². The molecular weight excluding hydrogens is 293 g/mol. The van der Waals surface area contributed by atoms with E-state index < -0.39 is 0 Å². The van der Waals surface area contributed by atoms with Gasteiger partial charge in [0.25, 0.3) is 0 Å². The predicted octanol–water partition coefficient (Wildman–Crippen LogP) is 3.32. The molecule has 23 heavy (non-hydrogen) atoms. The molecule has 0 saturated carbocycles. The molecule has 1 saturated heterocycles. The second-order valence-electron chi connectivity index (χ2n) is 6.59. The summed E-state index contributed by atoms with van der Waals surface area (Å²) in [4.78, 5) is 14.2. The molecule has 0 aromatic heterocycles. The average Bonchev–Trinajstić information content (AvgIpc) is 2.87. The maximum absolute atomic E-state index is 13.7. The van der Waals surface area contributed by atoms with Crippen LogP contribution in [0.2, 0.25) is 0 Å². The van der Waals surface area contributed by atoms with Gasteiger partial charge in [-0.05, 0) is 55.7 Å². The first kappa shape index (κ1) is 14.6. The van der Waals surface area contributed by atoms with E-state index in [0.29, 0.717) is 0 Å². The van der Waals surface area contributed by atoms with Gasteiger partial charge in [0.05, 0.1) is 6.04 Å². The van der Waals surface area contributed by atoms with Crippen LogP contribution < -0.4 is 0 Å². The van der Waals surface area contributed by atoms with Gasteiger partial charge in [-0.2, -0.15) is 0 Å². The summed E-state index contributed by atoms with van der Waals surface area (Å²) in [7, 11) is 0. The lowest BCUT2D eigenvalue weighted by atomic mass is 9.93. The first-order chi connectivity index (χ1) is 11.1. The molecule has 0 N–H and O–H groups in total. The second-order valence-corrected chi connectivity index (χ2v) is 6.59. The summed E-state index contributed by atoms with van der Waals surface area (Å²) in [5.74, 6) is -0.501. The van der Waals surface area contributed by atoms with Crippen LogP contribution in [-0.2, 0) is 9.53 Å². The number of piperidine rings is 1. The molecule has 3 heterocycles. The average molecular weight is 313 g/mol. The van der Waals surface area contributed by atoms with Crippen molar-refractivity contribution in [3.8, 4) is 0 Å². The fourth-order valence-electron chi connectivity index (χ4n) is 4.13. The monoisotopic (exact) mass is 313 g/mol. The first-order valence-electron chi connectivity index (χ1n) is 8.29. The van der Waals surface area contributed by atoms with Gasteiger partial charge in [-0.25, -0.2) is 9.18 Å². The number of ether oxygens (including phenoxy) is 1. The zero-order valence-corrected chi connectivity index (χ0v) is 13.2. The van der Waals surface area contributed by atoms with Gasteiger partial charge in [0.2, 0.25) is 0 Å². The Balaban J connectivity index is 1.82. The molecular formula is C19H20FNO2. The SMILES string of the molecule is C[C@H]1C(c2cccc(F)c2)=CC2=CC(=O)OC2C2CCCCN21. The van der Waals surface area contributed by atoms with Crippen LogP contribution in [0.25, 0.3) is 5.57 Å². The number of hydrogen-bond donors (Lipinski definition) is 0. The molecule has 4 heteroatoms. The van der Waals surface area contributed by atoms with Crippen LogP contribution in [0.4, 0.5) is 4.39 Å². The van der Waals surface area contributed by atoms with E-state index in [4.69, 9.17) is 4.74 Å². The van der Waals surface area contributed by atoms with Crippen LogP contribution in [0, 0.1) is 5.82 Å². The quantitative estimate of drug-likeness (QED) is 0.745. The molecule has 2 unspecified atom stereocenters. The number of hydrogen-bond acceptors (Lipinski definition) is 3. The van der Waals surface area contributed by atoms with Crippen molar-refractivity contribution in [3.63, 3.8) is 0 Å². The van der Waals surface area contributed by atoms with E-state index in [0.717, 1.165) is 42.5 Å². The smallest absolute Gasteiger partial charge is 0.331 e. The summed E-state index contributed by atoms with van der Waals surface area (Å²) in [6.45, 7) is 3.15. The van der Waals surface area contributed by atoms with Crippen LogP contribution in [-0.4, -0.2) is 35.6 Å². The molecule has 0 amide bonds. The third-order valence-electron chi connectivity index (χ3n) is 5.23. The van der Waals surface area contributed by atoms with Crippen molar-refractivity contribution in [1.29, 1.82) is 0 Å². The molecule has 0 spiro atoms. The maximum Gasteiger partial charge on any atom is 0.331 e. The molecule has 4 rings (SSSR count). The van der Waals surface area contributed by atoms with E-state index in [1.807, 2.05) is 12.1 Å². The standard InChI is InChI=1S/C19H20FNO2/c1-12-16(13-5-4-6-15(20)9-13)10-14-11-18(22)23-19(14)17-7-2-3-8-21(12)17/h4-6,9-12,17,19H,2-3,7-8H2,1H3/t12-,17?,19?/m0/s1. The molecule has 0 aliphatic carbocycles. The molecule has 120 valence electrons. The van der Waals surface area contributed by atoms with E-state index in [2.05, 4.69) is 11.8 Å². The van der Waals surface area contributed by atoms with Gasteiger partial charge in [-0.15, -0.1) is 0 Å². The highest BCUT2D eigenvalue weighted by molar-refractivity contribution is 5.88. The first-order valence-corrected chi connectivity index (χ1v) is 8.29. The van der Waals surface area contributed by atoms with Gasteiger partial charge >= 0.3 is 5.97 Å². The van der Waals surface area contributed by atoms with Crippen LogP contribution in [0.3, 0.4) is 0 Å². The Labute approximate surface area is 135 Å². The number of benzene rings is 1. The Hall–Kier alpha value is -1.94. The maximum atomic E-state index is 13.7. The molecule has 0 bridgehead atoms. The van der Waals surface area contributed by atoms with Crippen molar-refractivity contribution in [2.45, 2.75) is 44.4 Å². The van der Waals surface area contributed by atoms with Crippen LogP contribution in [0.1, 0.15) is 31.7 Å². The van der Waals surface area contributed by atoms with Crippen molar-refractivity contribution in [1.82, 2.24) is 4.90 Å². The zero-order valence-electron chi connectivity index (χ0n) is 13.2. The van der Waals surface area contributed by atoms with Gasteiger partial charge in [-0.3, -0.25) is 4.90 Å². The Bertz CT molecular complexity index is 709. The predicted molar refractivity (Wildman–Crippen MR) is 86.1 cm³/mol. The van der Waals surface area contributed by atoms with E-state index in [1.165, 1.54) is 6.07 Å². The Kier molecular flexibility index (Phi) is 3.57. The van der Waals surface area contributed by atoms with Crippen LogP contribution >= 0.6 is 0 Å². The number of carbonyl (C=O) groups is 1. The molecule has 3 aliphatic rings. The van der Waals surface area contributed by atoms with Gasteiger partial charge < -0.3 is 4.74 Å². The molecule has 3 nitrogen and oxygen atoms in total. The van der Waals surface area contributed by atoms with Crippen LogP contribution in [0.5, 0.6) is 0 Å². The largest absolute Gasteiger partial charge is 0.453 e. The second kappa shape index (κ2) is 5.60. The summed E-state index contributed by atoms with van der Waals surface area (Å²) in [6, 6.07) is 7.09. The van der Waals surface area contributed by atoms with Gasteiger partial charge in [0, 0.05) is 17.7 Å². The summed E-state index contributed by atoms with van der Waals surface area (Å²) < 4.78 is 19.3. The number of carbonyl (C=O) groups excluding carboxylic acids is 1. The van der Waals surface area contributed by atoms with Gasteiger partial charge in [-0.1, -0.05) is 18.6 Å². The molecule has 3 atom stereocenters. The summed E-state index contributed by atoms with van der Waals surface area (Å²) in [5, 5.41) is 0. The van der Waals surface area contributed by atoms with E-state index in [1.54, 1.807) is 18.2 Å². The third-order valence-corrected chi connectivity index (χ3v) is 5.23. The Morgan fingerprint density at radius 3 is 2.96 bits per heavy atom. The number of fused-ring (bicyclic) bond motifs is 3. The van der Waals surface area contributed by atoms with Crippen molar-refractivity contribution in [2.24, 2.45) is 0 Å². The highest BCUT2D eigenvalue weighted by Gasteiger charge is 2.42. The fraction of sp³-hybridized carbons (Fsp3) is 0.421. The Morgan fingerprint density at radius 2 is 2.13 bits per heavy atom. The van der Waals surface area contributed by atoms with E-state index in [-0.39, 0.29) is 30.0 Å². The summed E-state index contributed by atoms with van der Waals surface area (Å²) in [6.07, 6.45) is 6.78. The highest BCUT2D eigenvalue weighted by Crippen LogP contribution is 2.38. The van der Waals surface area contributed by atoms with Crippen molar-refractivity contribution >= 4 is 11.5 Å². The van der Waals surface area contributed by atoms with Crippen molar-refractivity contribution in [2.75, 3.05) is 6.54 Å². The zero-order chi connectivity index (χ0) is 16.0. The molecule has 1 aromatic rings. The number of esters is 1. The third kappa shape index (κ3) is 2.51. The lowest BCUT2D eigenvalue weighted by Gasteiger charge is -2.41.